The van der Waals surface area contributed by atoms with Gasteiger partial charge in [-0.3, -0.25) is 0 Å². The first-order chi connectivity index (χ1) is 28.2. The van der Waals surface area contributed by atoms with Gasteiger partial charge in [0.15, 0.2) is 17.5 Å². The molecule has 0 radical (unpaired) electrons. The number of para-hydroxylation sites is 2. The molecular weight excluding hydrogens is 695 g/mol. The maximum absolute atomic E-state index is 6.54. The minimum Gasteiger partial charge on any atom is -0.455 e. The van der Waals surface area contributed by atoms with Crippen molar-refractivity contribution in [3.05, 3.63) is 200 Å². The summed E-state index contributed by atoms with van der Waals surface area (Å²) in [7, 11) is 0. The van der Waals surface area contributed by atoms with Gasteiger partial charge < -0.3 is 4.42 Å². The Morgan fingerprint density at radius 3 is 1.54 bits per heavy atom. The molecule has 0 unspecified atom stereocenters. The van der Waals surface area contributed by atoms with Crippen molar-refractivity contribution < 1.29 is 4.42 Å². The number of benzene rings is 9. The fourth-order valence-electron chi connectivity index (χ4n) is 8.16. The molecule has 9 aromatic carbocycles. The number of aromatic nitrogens is 3. The lowest BCUT2D eigenvalue weighted by Gasteiger charge is -2.16. The van der Waals surface area contributed by atoms with E-state index in [1.165, 1.54) is 21.9 Å². The molecule has 266 valence electrons. The van der Waals surface area contributed by atoms with Crippen molar-refractivity contribution in [1.29, 1.82) is 0 Å². The highest BCUT2D eigenvalue weighted by Gasteiger charge is 2.21. The SMILES string of the molecule is c1ccc(-c2ccc(-c3ccc(-c4nc(-c5c(-c6cccc7ccccc67)ccc6ccccc56)nc(-c5cccc6c5oc5ccccc56)n4)cc3)cc2)cc1. The van der Waals surface area contributed by atoms with E-state index < -0.39 is 0 Å². The number of nitrogens with zero attached hydrogens (tertiary/aromatic N) is 3. The predicted molar refractivity (Wildman–Crippen MR) is 235 cm³/mol. The lowest BCUT2D eigenvalue weighted by Crippen LogP contribution is -2.02. The van der Waals surface area contributed by atoms with Crippen molar-refractivity contribution in [2.24, 2.45) is 0 Å². The van der Waals surface area contributed by atoms with Gasteiger partial charge in [-0.1, -0.05) is 188 Å². The summed E-state index contributed by atoms with van der Waals surface area (Å²) in [4.78, 5) is 15.9. The molecule has 11 aromatic rings. The second kappa shape index (κ2) is 13.6. The van der Waals surface area contributed by atoms with Gasteiger partial charge in [0.2, 0.25) is 0 Å². The Morgan fingerprint density at radius 1 is 0.281 bits per heavy atom. The van der Waals surface area contributed by atoms with Crippen LogP contribution >= 0.6 is 0 Å². The van der Waals surface area contributed by atoms with Gasteiger partial charge in [-0.05, 0) is 67.1 Å². The normalized spacial score (nSPS) is 11.5. The van der Waals surface area contributed by atoms with Crippen molar-refractivity contribution >= 4 is 43.5 Å². The van der Waals surface area contributed by atoms with Gasteiger partial charge in [0.05, 0.1) is 5.56 Å². The first-order valence-corrected chi connectivity index (χ1v) is 19.2. The molecule has 0 atom stereocenters. The Kier molecular flexibility index (Phi) is 7.78. The van der Waals surface area contributed by atoms with Crippen LogP contribution < -0.4 is 0 Å². The zero-order valence-electron chi connectivity index (χ0n) is 30.8. The van der Waals surface area contributed by atoms with Crippen LogP contribution in [-0.4, -0.2) is 15.0 Å². The molecule has 2 aromatic heterocycles. The summed E-state index contributed by atoms with van der Waals surface area (Å²) in [5.41, 5.74) is 11.1. The molecule has 11 rings (SSSR count). The van der Waals surface area contributed by atoms with E-state index in [-0.39, 0.29) is 0 Å². The smallest absolute Gasteiger partial charge is 0.167 e. The summed E-state index contributed by atoms with van der Waals surface area (Å²) in [6.45, 7) is 0. The highest BCUT2D eigenvalue weighted by atomic mass is 16.3. The van der Waals surface area contributed by atoms with E-state index in [1.807, 2.05) is 30.3 Å². The molecule has 4 heteroatoms. The van der Waals surface area contributed by atoms with Crippen molar-refractivity contribution in [3.63, 3.8) is 0 Å². The van der Waals surface area contributed by atoms with Gasteiger partial charge >= 0.3 is 0 Å². The largest absolute Gasteiger partial charge is 0.455 e. The number of rotatable bonds is 6. The van der Waals surface area contributed by atoms with Crippen LogP contribution in [0.25, 0.3) is 111 Å². The average molecular weight is 728 g/mol. The number of fused-ring (bicyclic) bond motifs is 5. The maximum Gasteiger partial charge on any atom is 0.167 e. The number of hydrogen-bond acceptors (Lipinski definition) is 4. The minimum atomic E-state index is 0.553. The predicted octanol–water partition coefficient (Wildman–Crippen LogP) is 14.1. The first kappa shape index (κ1) is 32.7. The third-order valence-corrected chi connectivity index (χ3v) is 11.0. The Morgan fingerprint density at radius 2 is 0.789 bits per heavy atom. The fourth-order valence-corrected chi connectivity index (χ4v) is 8.16. The summed E-state index contributed by atoms with van der Waals surface area (Å²) in [6.07, 6.45) is 0. The van der Waals surface area contributed by atoms with Crippen LogP contribution in [0.5, 0.6) is 0 Å². The van der Waals surface area contributed by atoms with Gasteiger partial charge in [-0.2, -0.15) is 0 Å². The van der Waals surface area contributed by atoms with E-state index in [4.69, 9.17) is 19.4 Å². The van der Waals surface area contributed by atoms with E-state index in [0.29, 0.717) is 17.5 Å². The van der Waals surface area contributed by atoms with Gasteiger partial charge in [0.25, 0.3) is 0 Å². The molecule has 4 nitrogen and oxygen atoms in total. The van der Waals surface area contributed by atoms with Gasteiger partial charge in [0, 0.05) is 21.9 Å². The lowest BCUT2D eigenvalue weighted by atomic mass is 9.90. The molecular formula is C53H33N3O. The van der Waals surface area contributed by atoms with Crippen molar-refractivity contribution in [2.45, 2.75) is 0 Å². The second-order valence-corrected chi connectivity index (χ2v) is 14.3. The molecule has 0 saturated heterocycles. The topological polar surface area (TPSA) is 51.8 Å². The molecule has 2 heterocycles. The van der Waals surface area contributed by atoms with Crippen LogP contribution in [0.3, 0.4) is 0 Å². The third kappa shape index (κ3) is 5.74. The molecule has 0 aliphatic carbocycles. The minimum absolute atomic E-state index is 0.553. The third-order valence-electron chi connectivity index (χ3n) is 11.0. The van der Waals surface area contributed by atoms with Gasteiger partial charge in [0.1, 0.15) is 11.2 Å². The number of hydrogen-bond donors (Lipinski definition) is 0. The van der Waals surface area contributed by atoms with Crippen molar-refractivity contribution in [1.82, 2.24) is 15.0 Å². The van der Waals surface area contributed by atoms with Crippen LogP contribution in [0.2, 0.25) is 0 Å². The zero-order chi connectivity index (χ0) is 37.7. The van der Waals surface area contributed by atoms with E-state index in [2.05, 4.69) is 170 Å². The van der Waals surface area contributed by atoms with Gasteiger partial charge in [-0.15, -0.1) is 0 Å². The molecule has 0 aliphatic heterocycles. The van der Waals surface area contributed by atoms with E-state index in [0.717, 1.165) is 71.7 Å². The zero-order valence-corrected chi connectivity index (χ0v) is 30.8. The van der Waals surface area contributed by atoms with E-state index >= 15 is 0 Å². The quantitative estimate of drug-likeness (QED) is 0.171. The highest BCUT2D eigenvalue weighted by molar-refractivity contribution is 6.10. The molecule has 0 spiro atoms. The summed E-state index contributed by atoms with van der Waals surface area (Å²) in [5.74, 6) is 1.74. The maximum atomic E-state index is 6.54. The molecule has 0 saturated carbocycles. The molecule has 0 amide bonds. The summed E-state index contributed by atoms with van der Waals surface area (Å²) >= 11 is 0. The van der Waals surface area contributed by atoms with E-state index in [1.54, 1.807) is 0 Å². The summed E-state index contributed by atoms with van der Waals surface area (Å²) < 4.78 is 6.54. The Hall–Kier alpha value is -7.69. The van der Waals surface area contributed by atoms with Gasteiger partial charge in [-0.25, -0.2) is 15.0 Å². The van der Waals surface area contributed by atoms with Crippen LogP contribution in [-0.2, 0) is 0 Å². The average Bonchev–Trinajstić information content (AvgIpc) is 3.68. The molecule has 57 heavy (non-hydrogen) atoms. The van der Waals surface area contributed by atoms with Crippen molar-refractivity contribution in [3.8, 4) is 67.5 Å². The molecule has 0 fully saturated rings. The Labute approximate surface area is 329 Å². The highest BCUT2D eigenvalue weighted by Crippen LogP contribution is 2.42. The number of furan rings is 1. The monoisotopic (exact) mass is 727 g/mol. The Balaban J connectivity index is 1.12. The summed E-state index contributed by atoms with van der Waals surface area (Å²) in [6, 6.07) is 69.9. The fraction of sp³-hybridized carbons (Fsp3) is 0. The van der Waals surface area contributed by atoms with Crippen LogP contribution in [0, 0.1) is 0 Å². The Bertz CT molecular complexity index is 3270. The van der Waals surface area contributed by atoms with E-state index in [9.17, 15) is 0 Å². The van der Waals surface area contributed by atoms with Crippen LogP contribution in [0.1, 0.15) is 0 Å². The second-order valence-electron chi connectivity index (χ2n) is 14.3. The summed E-state index contributed by atoms with van der Waals surface area (Å²) in [5, 5.41) is 6.62. The first-order valence-electron chi connectivity index (χ1n) is 19.2. The van der Waals surface area contributed by atoms with Crippen LogP contribution in [0.4, 0.5) is 0 Å². The molecule has 0 N–H and O–H groups in total. The van der Waals surface area contributed by atoms with Crippen LogP contribution in [0.15, 0.2) is 205 Å². The standard InChI is InChI=1S/C53H33N3O/c1-2-12-34(13-3-1)35-24-26-36(27-25-35)37-28-30-40(31-29-37)51-54-52(47-22-11-21-46-44-19-8-9-23-48(44)57-50(46)47)56-53(55-51)49-42-18-7-5-15-39(42)32-33-45(49)43-20-10-16-38-14-4-6-17-41(38)43/h1-33H. The lowest BCUT2D eigenvalue weighted by molar-refractivity contribution is 0.669. The van der Waals surface area contributed by atoms with Crippen molar-refractivity contribution in [2.75, 3.05) is 0 Å². The molecule has 0 aliphatic rings. The molecule has 0 bridgehead atoms.